The van der Waals surface area contributed by atoms with Crippen molar-refractivity contribution in [2.45, 2.75) is 38.4 Å². The quantitative estimate of drug-likeness (QED) is 0.802. The Hall–Kier alpha value is -1.44. The Morgan fingerprint density at radius 1 is 1.50 bits per heavy atom. The average Bonchev–Trinajstić information content (AvgIpc) is 2.53. The first-order chi connectivity index (χ1) is 11.0. The van der Waals surface area contributed by atoms with Crippen LogP contribution in [-0.4, -0.2) is 34.1 Å². The number of nitrogens with one attached hydrogen (secondary N) is 2. The molecule has 1 saturated heterocycles. The van der Waals surface area contributed by atoms with Gasteiger partial charge < -0.3 is 10.6 Å². The van der Waals surface area contributed by atoms with Crippen molar-refractivity contribution in [2.75, 3.05) is 6.54 Å². The number of carbonyl (C=O) groups is 1. The highest BCUT2D eigenvalue weighted by atomic mass is 79.9. The highest BCUT2D eigenvalue weighted by Crippen LogP contribution is 2.14. The highest BCUT2D eigenvalue weighted by molar-refractivity contribution is 9.10. The molecule has 1 aliphatic heterocycles. The Kier molecular flexibility index (Phi) is 6.37. The maximum Gasteiger partial charge on any atom is 0.261 e. The molecule has 130 valence electrons. The second-order valence-electron chi connectivity index (χ2n) is 5.90. The van der Waals surface area contributed by atoms with Crippen molar-refractivity contribution in [3.05, 3.63) is 39.4 Å². The van der Waals surface area contributed by atoms with Gasteiger partial charge in [-0.25, -0.2) is 4.98 Å². The standard InChI is InChI=1S/C16H19BrN4O2.ClH/c1-10-13(3-2-6-18-10)20-15(22)8-21-9-19-14-5-4-11(17)7-12(14)16(21)23;/h4-5,7,9-10,13,18H,2-3,6,8H2,1H3,(H,20,22);1H. The van der Waals surface area contributed by atoms with E-state index in [9.17, 15) is 9.59 Å². The maximum absolute atomic E-state index is 12.5. The van der Waals surface area contributed by atoms with Crippen molar-refractivity contribution in [1.82, 2.24) is 20.2 Å². The van der Waals surface area contributed by atoms with Crippen LogP contribution in [0.15, 0.2) is 33.8 Å². The molecule has 24 heavy (non-hydrogen) atoms. The van der Waals surface area contributed by atoms with E-state index in [-0.39, 0.29) is 42.5 Å². The Bertz CT molecular complexity index is 795. The van der Waals surface area contributed by atoms with Gasteiger partial charge in [-0.1, -0.05) is 15.9 Å². The van der Waals surface area contributed by atoms with Gasteiger partial charge in [-0.3, -0.25) is 14.2 Å². The number of halogens is 2. The molecular weight excluding hydrogens is 396 g/mol. The van der Waals surface area contributed by atoms with Crippen LogP contribution >= 0.6 is 28.3 Å². The van der Waals surface area contributed by atoms with Crippen LogP contribution in [0.5, 0.6) is 0 Å². The van der Waals surface area contributed by atoms with Gasteiger partial charge in [0.2, 0.25) is 5.91 Å². The largest absolute Gasteiger partial charge is 0.350 e. The number of amides is 1. The molecule has 0 saturated carbocycles. The Morgan fingerprint density at radius 2 is 2.29 bits per heavy atom. The SMILES string of the molecule is CC1NCCCC1NC(=O)Cn1cnc2ccc(Br)cc2c1=O.Cl. The summed E-state index contributed by atoms with van der Waals surface area (Å²) in [5.41, 5.74) is 0.418. The van der Waals surface area contributed by atoms with Gasteiger partial charge in [-0.05, 0) is 44.5 Å². The molecule has 3 rings (SSSR count). The Balaban J connectivity index is 0.00000208. The summed E-state index contributed by atoms with van der Waals surface area (Å²) in [5, 5.41) is 6.85. The third-order valence-corrected chi connectivity index (χ3v) is 4.70. The normalized spacial score (nSPS) is 20.4. The zero-order valence-electron chi connectivity index (χ0n) is 13.3. The lowest BCUT2D eigenvalue weighted by atomic mass is 10.00. The monoisotopic (exact) mass is 414 g/mol. The Labute approximate surface area is 154 Å². The van der Waals surface area contributed by atoms with E-state index >= 15 is 0 Å². The lowest BCUT2D eigenvalue weighted by molar-refractivity contribution is -0.122. The van der Waals surface area contributed by atoms with E-state index in [0.29, 0.717) is 10.9 Å². The summed E-state index contributed by atoms with van der Waals surface area (Å²) < 4.78 is 2.17. The molecular formula is C16H20BrClN4O2. The summed E-state index contributed by atoms with van der Waals surface area (Å²) in [6.45, 7) is 3.03. The summed E-state index contributed by atoms with van der Waals surface area (Å²) in [5.74, 6) is -0.163. The molecule has 1 aromatic carbocycles. The van der Waals surface area contributed by atoms with Crippen LogP contribution in [-0.2, 0) is 11.3 Å². The molecule has 1 aliphatic rings. The summed E-state index contributed by atoms with van der Waals surface area (Å²) in [6.07, 6.45) is 3.43. The first-order valence-electron chi connectivity index (χ1n) is 7.72. The molecule has 1 aromatic heterocycles. The molecule has 2 heterocycles. The van der Waals surface area contributed by atoms with Crippen LogP contribution in [0, 0.1) is 0 Å². The van der Waals surface area contributed by atoms with Crippen molar-refractivity contribution >= 4 is 45.1 Å². The molecule has 6 nitrogen and oxygen atoms in total. The molecule has 2 atom stereocenters. The molecule has 1 fully saturated rings. The summed E-state index contributed by atoms with van der Waals surface area (Å²) >= 11 is 3.35. The van der Waals surface area contributed by atoms with E-state index in [0.717, 1.165) is 23.9 Å². The molecule has 2 unspecified atom stereocenters. The lowest BCUT2D eigenvalue weighted by Crippen LogP contribution is -2.52. The van der Waals surface area contributed by atoms with E-state index in [1.165, 1.54) is 10.9 Å². The second-order valence-corrected chi connectivity index (χ2v) is 6.81. The molecule has 2 N–H and O–H groups in total. The zero-order valence-corrected chi connectivity index (χ0v) is 15.7. The van der Waals surface area contributed by atoms with Gasteiger partial charge in [-0.2, -0.15) is 0 Å². The fourth-order valence-electron chi connectivity index (χ4n) is 2.89. The number of piperidine rings is 1. The predicted molar refractivity (Wildman–Crippen MR) is 99.6 cm³/mol. The summed E-state index contributed by atoms with van der Waals surface area (Å²) in [7, 11) is 0. The van der Waals surface area contributed by atoms with E-state index in [1.54, 1.807) is 12.1 Å². The van der Waals surface area contributed by atoms with Gasteiger partial charge in [0, 0.05) is 16.6 Å². The average molecular weight is 416 g/mol. The number of rotatable bonds is 3. The van der Waals surface area contributed by atoms with Gasteiger partial charge in [0.15, 0.2) is 0 Å². The molecule has 8 heteroatoms. The second kappa shape index (κ2) is 8.09. The number of hydrogen-bond acceptors (Lipinski definition) is 4. The molecule has 0 bridgehead atoms. The van der Waals surface area contributed by atoms with Crippen LogP contribution in [0.25, 0.3) is 10.9 Å². The molecule has 2 aromatic rings. The molecule has 0 spiro atoms. The number of carbonyl (C=O) groups excluding carboxylic acids is 1. The van der Waals surface area contributed by atoms with Crippen molar-refractivity contribution < 1.29 is 4.79 Å². The number of aromatic nitrogens is 2. The highest BCUT2D eigenvalue weighted by Gasteiger charge is 2.22. The third kappa shape index (κ3) is 4.15. The fourth-order valence-corrected chi connectivity index (χ4v) is 3.25. The summed E-state index contributed by atoms with van der Waals surface area (Å²) in [4.78, 5) is 29.0. The minimum absolute atomic E-state index is 0. The minimum Gasteiger partial charge on any atom is -0.350 e. The van der Waals surface area contributed by atoms with E-state index < -0.39 is 0 Å². The van der Waals surface area contributed by atoms with Gasteiger partial charge >= 0.3 is 0 Å². The van der Waals surface area contributed by atoms with Crippen molar-refractivity contribution in [1.29, 1.82) is 0 Å². The first kappa shape index (κ1) is 18.9. The molecule has 1 amide bonds. The number of nitrogens with zero attached hydrogens (tertiary/aromatic N) is 2. The van der Waals surface area contributed by atoms with Crippen molar-refractivity contribution in [3.63, 3.8) is 0 Å². The van der Waals surface area contributed by atoms with Gasteiger partial charge in [-0.15, -0.1) is 12.4 Å². The van der Waals surface area contributed by atoms with Crippen molar-refractivity contribution in [3.8, 4) is 0 Å². The van der Waals surface area contributed by atoms with Gasteiger partial charge in [0.05, 0.1) is 17.2 Å². The maximum atomic E-state index is 12.5. The number of hydrogen-bond donors (Lipinski definition) is 2. The molecule has 0 aliphatic carbocycles. The molecule has 0 radical (unpaired) electrons. The minimum atomic E-state index is -0.207. The first-order valence-corrected chi connectivity index (χ1v) is 8.51. The van der Waals surface area contributed by atoms with E-state index in [1.807, 2.05) is 6.07 Å². The van der Waals surface area contributed by atoms with Crippen LogP contribution in [0.4, 0.5) is 0 Å². The lowest BCUT2D eigenvalue weighted by Gasteiger charge is -2.30. The van der Waals surface area contributed by atoms with Crippen LogP contribution < -0.4 is 16.2 Å². The third-order valence-electron chi connectivity index (χ3n) is 4.21. The fraction of sp³-hybridized carbons (Fsp3) is 0.438. The van der Waals surface area contributed by atoms with Crippen LogP contribution in [0.3, 0.4) is 0 Å². The smallest absolute Gasteiger partial charge is 0.261 e. The topological polar surface area (TPSA) is 76.0 Å². The van der Waals surface area contributed by atoms with E-state index in [4.69, 9.17) is 0 Å². The number of fused-ring (bicyclic) bond motifs is 1. The number of benzene rings is 1. The van der Waals surface area contributed by atoms with Crippen molar-refractivity contribution in [2.24, 2.45) is 0 Å². The Morgan fingerprint density at radius 3 is 3.04 bits per heavy atom. The van der Waals surface area contributed by atoms with Crippen LogP contribution in [0.1, 0.15) is 19.8 Å². The predicted octanol–water partition coefficient (Wildman–Crippen LogP) is 1.84. The van der Waals surface area contributed by atoms with Crippen LogP contribution in [0.2, 0.25) is 0 Å². The summed E-state index contributed by atoms with van der Waals surface area (Å²) in [6, 6.07) is 5.69. The van der Waals surface area contributed by atoms with Gasteiger partial charge in [0.1, 0.15) is 6.54 Å². The zero-order chi connectivity index (χ0) is 16.4. The van der Waals surface area contributed by atoms with E-state index in [2.05, 4.69) is 38.5 Å². The van der Waals surface area contributed by atoms with Gasteiger partial charge in [0.25, 0.3) is 5.56 Å².